The second kappa shape index (κ2) is 8.26. The van der Waals surface area contributed by atoms with Crippen LogP contribution in [0.4, 0.5) is 0 Å². The summed E-state index contributed by atoms with van der Waals surface area (Å²) in [4.78, 5) is 16.3. The van der Waals surface area contributed by atoms with Gasteiger partial charge in [-0.05, 0) is 38.6 Å². The summed E-state index contributed by atoms with van der Waals surface area (Å²) in [5.41, 5.74) is 0. The average Bonchev–Trinajstić information content (AvgIpc) is 2.39. The summed E-state index contributed by atoms with van der Waals surface area (Å²) in [6.45, 7) is 9.12. The Labute approximate surface area is 123 Å². The zero-order chi connectivity index (χ0) is 15.1. The molecule has 0 N–H and O–H groups in total. The Kier molecular flexibility index (Phi) is 7.01. The van der Waals surface area contributed by atoms with Crippen LogP contribution in [0.5, 0.6) is 0 Å². The quantitative estimate of drug-likeness (QED) is 0.750. The van der Waals surface area contributed by atoms with Crippen LogP contribution < -0.4 is 0 Å². The Morgan fingerprint density at radius 2 is 1.95 bits per heavy atom. The molecule has 1 rings (SSSR count). The molecule has 1 aliphatic heterocycles. The van der Waals surface area contributed by atoms with Crippen molar-refractivity contribution in [3.05, 3.63) is 0 Å². The number of piperidine rings is 1. The number of rotatable bonds is 6. The van der Waals surface area contributed by atoms with Crippen LogP contribution >= 0.6 is 0 Å². The van der Waals surface area contributed by atoms with Gasteiger partial charge in [0.05, 0.1) is 12.5 Å². The maximum atomic E-state index is 12.0. The van der Waals surface area contributed by atoms with Crippen molar-refractivity contribution in [2.45, 2.75) is 52.5 Å². The Morgan fingerprint density at radius 3 is 2.45 bits per heavy atom. The molecule has 0 aromatic rings. The molecule has 1 atom stereocenters. The molecule has 0 saturated carbocycles. The Bertz CT molecular complexity index is 340. The van der Waals surface area contributed by atoms with Crippen molar-refractivity contribution < 1.29 is 4.79 Å². The number of carbonyl (C=O) groups excluding carboxylic acids is 1. The number of nitrogens with zero attached hydrogens (tertiary/aromatic N) is 3. The molecule has 20 heavy (non-hydrogen) atoms. The largest absolute Gasteiger partial charge is 0.343 e. The molecule has 1 amide bonds. The van der Waals surface area contributed by atoms with Crippen molar-refractivity contribution in [1.82, 2.24) is 9.80 Å². The third-order valence-corrected chi connectivity index (χ3v) is 4.24. The predicted octanol–water partition coefficient (Wildman–Crippen LogP) is 2.51. The third-order valence-electron chi connectivity index (χ3n) is 4.24. The number of nitriles is 1. The summed E-state index contributed by atoms with van der Waals surface area (Å²) < 4.78 is 0. The van der Waals surface area contributed by atoms with Crippen LogP contribution in [-0.2, 0) is 4.79 Å². The van der Waals surface area contributed by atoms with Crippen molar-refractivity contribution in [2.75, 3.05) is 26.7 Å². The molecule has 0 aromatic heterocycles. The van der Waals surface area contributed by atoms with Gasteiger partial charge in [-0.3, -0.25) is 4.79 Å². The molecule has 0 aliphatic carbocycles. The lowest BCUT2D eigenvalue weighted by atomic mass is 9.95. The number of hydrogen-bond donors (Lipinski definition) is 0. The summed E-state index contributed by atoms with van der Waals surface area (Å²) in [7, 11) is 2.10. The van der Waals surface area contributed by atoms with E-state index in [2.05, 4.69) is 38.8 Å². The molecule has 0 aromatic carbocycles. The molecule has 0 unspecified atom stereocenters. The van der Waals surface area contributed by atoms with Crippen molar-refractivity contribution in [1.29, 1.82) is 5.26 Å². The van der Waals surface area contributed by atoms with Gasteiger partial charge < -0.3 is 9.80 Å². The van der Waals surface area contributed by atoms with E-state index in [1.807, 2.05) is 4.90 Å². The minimum Gasteiger partial charge on any atom is -0.343 e. The molecule has 0 radical (unpaired) electrons. The number of likely N-dealkylation sites (tertiary alicyclic amines) is 1. The molecule has 1 heterocycles. The molecule has 0 spiro atoms. The van der Waals surface area contributed by atoms with E-state index in [9.17, 15) is 4.79 Å². The van der Waals surface area contributed by atoms with E-state index >= 15 is 0 Å². The van der Waals surface area contributed by atoms with Gasteiger partial charge in [-0.15, -0.1) is 0 Å². The minimum absolute atomic E-state index is 0.310. The van der Waals surface area contributed by atoms with Gasteiger partial charge in [0.1, 0.15) is 0 Å². The Hall–Kier alpha value is -1.08. The van der Waals surface area contributed by atoms with Crippen molar-refractivity contribution in [3.8, 4) is 6.07 Å². The summed E-state index contributed by atoms with van der Waals surface area (Å²) in [5, 5.41) is 8.74. The van der Waals surface area contributed by atoms with Crippen LogP contribution in [-0.4, -0.2) is 48.4 Å². The predicted molar refractivity (Wildman–Crippen MR) is 81.1 cm³/mol. The number of hydrogen-bond acceptors (Lipinski definition) is 3. The normalized spacial score (nSPS) is 18.4. The first-order chi connectivity index (χ1) is 9.43. The highest BCUT2D eigenvalue weighted by atomic mass is 16.2. The van der Waals surface area contributed by atoms with Gasteiger partial charge in [0.15, 0.2) is 0 Å². The fraction of sp³-hybridized carbons (Fsp3) is 0.875. The Morgan fingerprint density at radius 1 is 1.35 bits per heavy atom. The average molecular weight is 279 g/mol. The van der Waals surface area contributed by atoms with E-state index in [1.54, 1.807) is 0 Å². The maximum Gasteiger partial charge on any atom is 0.222 e. The van der Waals surface area contributed by atoms with Crippen LogP contribution in [0.3, 0.4) is 0 Å². The molecule has 1 aliphatic rings. The summed E-state index contributed by atoms with van der Waals surface area (Å²) in [6.07, 6.45) is 3.44. The SMILES string of the molecule is CC(C)CC(=O)N1CCC(CN(C)[C@@H](C)CC#N)CC1. The molecule has 4 heteroatoms. The highest BCUT2D eigenvalue weighted by Gasteiger charge is 2.24. The standard InChI is InChI=1S/C16H29N3O/c1-13(2)11-16(20)19-9-6-15(7-10-19)12-18(4)14(3)5-8-17/h13-15H,5-7,9-12H2,1-4H3/t14-/m0/s1. The van der Waals surface area contributed by atoms with E-state index < -0.39 is 0 Å². The summed E-state index contributed by atoms with van der Waals surface area (Å²) >= 11 is 0. The van der Waals surface area contributed by atoms with E-state index in [-0.39, 0.29) is 0 Å². The lowest BCUT2D eigenvalue weighted by Gasteiger charge is -2.35. The molecular formula is C16H29N3O. The number of amides is 1. The first-order valence-electron chi connectivity index (χ1n) is 7.79. The maximum absolute atomic E-state index is 12.0. The lowest BCUT2D eigenvalue weighted by Crippen LogP contribution is -2.42. The monoisotopic (exact) mass is 279 g/mol. The second-order valence-electron chi connectivity index (χ2n) is 6.57. The van der Waals surface area contributed by atoms with Crippen molar-refractivity contribution in [3.63, 3.8) is 0 Å². The molecule has 0 bridgehead atoms. The van der Waals surface area contributed by atoms with Gasteiger partial charge in [-0.25, -0.2) is 0 Å². The first kappa shape index (κ1) is 17.0. The number of carbonyl (C=O) groups is 1. The highest BCUT2D eigenvalue weighted by Crippen LogP contribution is 2.20. The molecule has 1 fully saturated rings. The Balaban J connectivity index is 2.32. The third kappa shape index (κ3) is 5.50. The zero-order valence-corrected chi connectivity index (χ0v) is 13.4. The first-order valence-corrected chi connectivity index (χ1v) is 7.79. The van der Waals surface area contributed by atoms with Crippen molar-refractivity contribution in [2.24, 2.45) is 11.8 Å². The molecule has 4 nitrogen and oxygen atoms in total. The topological polar surface area (TPSA) is 47.3 Å². The molecule has 114 valence electrons. The second-order valence-corrected chi connectivity index (χ2v) is 6.57. The highest BCUT2D eigenvalue weighted by molar-refractivity contribution is 5.76. The van der Waals surface area contributed by atoms with Gasteiger partial charge in [-0.1, -0.05) is 13.8 Å². The fourth-order valence-electron chi connectivity index (χ4n) is 2.72. The summed E-state index contributed by atoms with van der Waals surface area (Å²) in [5.74, 6) is 1.41. The molecular weight excluding hydrogens is 250 g/mol. The smallest absolute Gasteiger partial charge is 0.222 e. The summed E-state index contributed by atoms with van der Waals surface area (Å²) in [6, 6.07) is 2.55. The van der Waals surface area contributed by atoms with E-state index in [4.69, 9.17) is 5.26 Å². The van der Waals surface area contributed by atoms with Crippen LogP contribution in [0, 0.1) is 23.2 Å². The lowest BCUT2D eigenvalue weighted by molar-refractivity contribution is -0.133. The van der Waals surface area contributed by atoms with Gasteiger partial charge in [0.2, 0.25) is 5.91 Å². The zero-order valence-electron chi connectivity index (χ0n) is 13.4. The van der Waals surface area contributed by atoms with Crippen LogP contribution in [0.1, 0.15) is 46.5 Å². The van der Waals surface area contributed by atoms with Crippen LogP contribution in [0.25, 0.3) is 0 Å². The van der Waals surface area contributed by atoms with Crippen LogP contribution in [0.2, 0.25) is 0 Å². The molecule has 1 saturated heterocycles. The van der Waals surface area contributed by atoms with E-state index in [0.717, 1.165) is 32.5 Å². The van der Waals surface area contributed by atoms with Gasteiger partial charge >= 0.3 is 0 Å². The van der Waals surface area contributed by atoms with E-state index in [1.165, 1.54) is 0 Å². The van der Waals surface area contributed by atoms with Gasteiger partial charge in [0, 0.05) is 32.1 Å². The van der Waals surface area contributed by atoms with Gasteiger partial charge in [0.25, 0.3) is 0 Å². The minimum atomic E-state index is 0.310. The fourth-order valence-corrected chi connectivity index (χ4v) is 2.72. The van der Waals surface area contributed by atoms with Crippen LogP contribution in [0.15, 0.2) is 0 Å². The van der Waals surface area contributed by atoms with Crippen molar-refractivity contribution >= 4 is 5.91 Å². The van der Waals surface area contributed by atoms with E-state index in [0.29, 0.717) is 36.6 Å². The van der Waals surface area contributed by atoms with Gasteiger partial charge in [-0.2, -0.15) is 5.26 Å².